The lowest BCUT2D eigenvalue weighted by atomic mass is 10.0. The van der Waals surface area contributed by atoms with Gasteiger partial charge < -0.3 is 10.0 Å². The number of aliphatic carboxylic acids is 1. The van der Waals surface area contributed by atoms with Crippen LogP contribution in [-0.4, -0.2) is 34.5 Å². The highest BCUT2D eigenvalue weighted by Gasteiger charge is 2.38. The number of carboxylic acid groups (broad SMARTS) is 1. The predicted molar refractivity (Wildman–Crippen MR) is 75.4 cm³/mol. The van der Waals surface area contributed by atoms with Gasteiger partial charge in [0.25, 0.3) is 5.91 Å². The van der Waals surface area contributed by atoms with Gasteiger partial charge in [0.1, 0.15) is 0 Å². The molecule has 1 fully saturated rings. The van der Waals surface area contributed by atoms with Crippen molar-refractivity contribution in [3.63, 3.8) is 0 Å². The molecule has 1 aromatic carbocycles. The van der Waals surface area contributed by atoms with E-state index in [9.17, 15) is 9.59 Å². The lowest BCUT2D eigenvalue weighted by Gasteiger charge is -2.23. The zero-order valence-electron chi connectivity index (χ0n) is 9.97. The lowest BCUT2D eigenvalue weighted by molar-refractivity contribution is -0.142. The second kappa shape index (κ2) is 5.26. The fourth-order valence-corrected chi connectivity index (χ4v) is 2.96. The second-order valence-corrected chi connectivity index (χ2v) is 5.61. The first-order valence-electron chi connectivity index (χ1n) is 5.80. The molecule has 5 heteroatoms. The van der Waals surface area contributed by atoms with E-state index in [4.69, 9.17) is 5.11 Å². The van der Waals surface area contributed by atoms with Gasteiger partial charge in [0.2, 0.25) is 0 Å². The lowest BCUT2D eigenvalue weighted by Crippen LogP contribution is -2.37. The number of hydrogen-bond acceptors (Lipinski definition) is 2. The first-order valence-corrected chi connectivity index (χ1v) is 6.88. The molecule has 0 aliphatic carbocycles. The maximum atomic E-state index is 12.4. The third-order valence-corrected chi connectivity index (χ3v) is 4.38. The number of benzene rings is 1. The Morgan fingerprint density at radius 3 is 2.61 bits per heavy atom. The zero-order valence-corrected chi connectivity index (χ0v) is 12.1. The molecule has 0 spiro atoms. The summed E-state index contributed by atoms with van der Waals surface area (Å²) in [5.41, 5.74) is 0.649. The Bertz CT molecular complexity index is 489. The molecular formula is C13H14INO3. The summed E-state index contributed by atoms with van der Waals surface area (Å²) >= 11 is 2.12. The minimum Gasteiger partial charge on any atom is -0.481 e. The van der Waals surface area contributed by atoms with Gasteiger partial charge in [-0.05, 0) is 48.1 Å². The number of carbonyl (C=O) groups is 2. The van der Waals surface area contributed by atoms with Crippen LogP contribution in [-0.2, 0) is 4.79 Å². The molecule has 18 heavy (non-hydrogen) atoms. The van der Waals surface area contributed by atoms with Crippen LogP contribution in [0, 0.1) is 9.49 Å². The molecule has 1 saturated heterocycles. The van der Waals surface area contributed by atoms with Gasteiger partial charge in [0.05, 0.1) is 11.5 Å². The van der Waals surface area contributed by atoms with Gasteiger partial charge in [-0.1, -0.05) is 12.1 Å². The maximum Gasteiger partial charge on any atom is 0.308 e. The standard InChI is InChI=1S/C13H14INO3/c1-8-9(13(17)18)6-7-15(8)12(16)10-4-2-3-5-11(10)14/h2-5,8-9H,6-7H2,1H3,(H,17,18). The van der Waals surface area contributed by atoms with Crippen LogP contribution in [0.25, 0.3) is 0 Å². The fourth-order valence-electron chi connectivity index (χ4n) is 2.35. The molecule has 0 bridgehead atoms. The average Bonchev–Trinajstić information content (AvgIpc) is 2.71. The number of carbonyl (C=O) groups excluding carboxylic acids is 1. The Balaban J connectivity index is 2.21. The van der Waals surface area contributed by atoms with Crippen LogP contribution in [0.3, 0.4) is 0 Å². The van der Waals surface area contributed by atoms with Crippen LogP contribution >= 0.6 is 22.6 Å². The number of likely N-dealkylation sites (tertiary alicyclic amines) is 1. The van der Waals surface area contributed by atoms with Crippen molar-refractivity contribution < 1.29 is 14.7 Å². The molecule has 0 aromatic heterocycles. The summed E-state index contributed by atoms with van der Waals surface area (Å²) in [5.74, 6) is -1.34. The summed E-state index contributed by atoms with van der Waals surface area (Å²) in [4.78, 5) is 25.1. The number of rotatable bonds is 2. The molecule has 1 aromatic rings. The van der Waals surface area contributed by atoms with Crippen LogP contribution in [0.15, 0.2) is 24.3 Å². The molecule has 1 aliphatic rings. The van der Waals surface area contributed by atoms with E-state index in [1.165, 1.54) is 0 Å². The summed E-state index contributed by atoms with van der Waals surface area (Å²) in [5, 5.41) is 9.07. The normalized spacial score (nSPS) is 23.1. The third kappa shape index (κ3) is 2.36. The van der Waals surface area contributed by atoms with Crippen molar-refractivity contribution >= 4 is 34.5 Å². The van der Waals surface area contributed by atoms with Crippen LogP contribution in [0.5, 0.6) is 0 Å². The Hall–Kier alpha value is -1.11. The van der Waals surface area contributed by atoms with Gasteiger partial charge >= 0.3 is 5.97 Å². The SMILES string of the molecule is CC1C(C(=O)O)CCN1C(=O)c1ccccc1I. The smallest absolute Gasteiger partial charge is 0.308 e. The molecule has 1 N–H and O–H groups in total. The Labute approximate surface area is 119 Å². The number of nitrogens with zero attached hydrogens (tertiary/aromatic N) is 1. The van der Waals surface area contributed by atoms with E-state index in [0.29, 0.717) is 18.5 Å². The third-order valence-electron chi connectivity index (χ3n) is 3.44. The summed E-state index contributed by atoms with van der Waals surface area (Å²) in [6, 6.07) is 7.12. The van der Waals surface area contributed by atoms with Crippen molar-refractivity contribution in [2.45, 2.75) is 19.4 Å². The number of halogens is 1. The van der Waals surface area contributed by atoms with Crippen LogP contribution in [0.4, 0.5) is 0 Å². The van der Waals surface area contributed by atoms with E-state index in [1.54, 1.807) is 17.9 Å². The molecular weight excluding hydrogens is 345 g/mol. The van der Waals surface area contributed by atoms with Crippen molar-refractivity contribution in [3.8, 4) is 0 Å². The average molecular weight is 359 g/mol. The van der Waals surface area contributed by atoms with Gasteiger partial charge in [0, 0.05) is 16.2 Å². The Morgan fingerprint density at radius 2 is 2.06 bits per heavy atom. The topological polar surface area (TPSA) is 57.6 Å². The zero-order chi connectivity index (χ0) is 13.3. The van der Waals surface area contributed by atoms with Crippen LogP contribution in [0.2, 0.25) is 0 Å². The molecule has 96 valence electrons. The Morgan fingerprint density at radius 1 is 1.39 bits per heavy atom. The molecule has 2 atom stereocenters. The van der Waals surface area contributed by atoms with Crippen LogP contribution in [0.1, 0.15) is 23.7 Å². The maximum absolute atomic E-state index is 12.4. The summed E-state index contributed by atoms with van der Waals surface area (Å²) in [6.45, 7) is 2.32. The van der Waals surface area contributed by atoms with Crippen molar-refractivity contribution in [2.24, 2.45) is 5.92 Å². The molecule has 1 heterocycles. The van der Waals surface area contributed by atoms with Crippen LogP contribution < -0.4 is 0 Å². The minimum atomic E-state index is -0.819. The van der Waals surface area contributed by atoms with Crippen molar-refractivity contribution in [3.05, 3.63) is 33.4 Å². The van der Waals surface area contributed by atoms with Gasteiger partial charge in [-0.15, -0.1) is 0 Å². The number of carboxylic acids is 1. The fraction of sp³-hybridized carbons (Fsp3) is 0.385. The van der Waals surface area contributed by atoms with Gasteiger partial charge in [-0.3, -0.25) is 9.59 Å². The van der Waals surface area contributed by atoms with Gasteiger partial charge in [-0.25, -0.2) is 0 Å². The van der Waals surface area contributed by atoms with Gasteiger partial charge in [0.15, 0.2) is 0 Å². The second-order valence-electron chi connectivity index (χ2n) is 4.45. The number of hydrogen-bond donors (Lipinski definition) is 1. The Kier molecular flexibility index (Phi) is 3.89. The molecule has 0 saturated carbocycles. The first kappa shape index (κ1) is 13.3. The highest BCUT2D eigenvalue weighted by molar-refractivity contribution is 14.1. The minimum absolute atomic E-state index is 0.0729. The van der Waals surface area contributed by atoms with E-state index in [1.807, 2.05) is 18.2 Å². The first-order chi connectivity index (χ1) is 8.52. The van der Waals surface area contributed by atoms with E-state index >= 15 is 0 Å². The summed E-state index contributed by atoms with van der Waals surface area (Å²) < 4.78 is 0.895. The largest absolute Gasteiger partial charge is 0.481 e. The van der Waals surface area contributed by atoms with Crippen molar-refractivity contribution in [1.82, 2.24) is 4.90 Å². The molecule has 2 rings (SSSR count). The molecule has 0 radical (unpaired) electrons. The molecule has 2 unspecified atom stereocenters. The molecule has 1 aliphatic heterocycles. The highest BCUT2D eigenvalue weighted by atomic mass is 127. The van der Waals surface area contributed by atoms with E-state index < -0.39 is 11.9 Å². The highest BCUT2D eigenvalue weighted by Crippen LogP contribution is 2.27. The summed E-state index contributed by atoms with van der Waals surface area (Å²) in [6.07, 6.45) is 0.533. The van der Waals surface area contributed by atoms with Crippen molar-refractivity contribution in [2.75, 3.05) is 6.54 Å². The quantitative estimate of drug-likeness (QED) is 0.824. The predicted octanol–water partition coefficient (Wildman–Crippen LogP) is 2.23. The van der Waals surface area contributed by atoms with E-state index in [-0.39, 0.29) is 11.9 Å². The van der Waals surface area contributed by atoms with Gasteiger partial charge in [-0.2, -0.15) is 0 Å². The van der Waals surface area contributed by atoms with Crippen molar-refractivity contribution in [1.29, 1.82) is 0 Å². The molecule has 4 nitrogen and oxygen atoms in total. The summed E-state index contributed by atoms with van der Waals surface area (Å²) in [7, 11) is 0. The number of amides is 1. The van der Waals surface area contributed by atoms with E-state index in [2.05, 4.69) is 22.6 Å². The molecule has 1 amide bonds. The monoisotopic (exact) mass is 359 g/mol. The van der Waals surface area contributed by atoms with E-state index in [0.717, 1.165) is 3.57 Å².